The lowest BCUT2D eigenvalue weighted by molar-refractivity contribution is -0.224. The first-order chi connectivity index (χ1) is 19.9. The van der Waals surface area contributed by atoms with E-state index in [0.717, 1.165) is 18.4 Å². The molecular weight excluding hydrogens is 534 g/mol. The number of carbonyl (C=O) groups is 3. The first kappa shape index (κ1) is 27.6. The Balaban J connectivity index is 1.19. The van der Waals surface area contributed by atoms with E-state index in [4.69, 9.17) is 9.47 Å². The van der Waals surface area contributed by atoms with Crippen molar-refractivity contribution in [2.75, 3.05) is 6.54 Å². The summed E-state index contributed by atoms with van der Waals surface area (Å²) in [5.74, 6) is -1.66. The van der Waals surface area contributed by atoms with E-state index >= 15 is 0 Å². The molecule has 0 spiro atoms. The minimum Gasteiger partial charge on any atom is -0.393 e. The van der Waals surface area contributed by atoms with Crippen molar-refractivity contribution in [1.82, 2.24) is 15.3 Å². The van der Waals surface area contributed by atoms with Gasteiger partial charge in [-0.1, -0.05) is 37.6 Å². The van der Waals surface area contributed by atoms with Gasteiger partial charge >= 0.3 is 0 Å². The molecule has 7 rings (SSSR count). The summed E-state index contributed by atoms with van der Waals surface area (Å²) >= 11 is 0. The number of ether oxygens (including phenoxy) is 2. The van der Waals surface area contributed by atoms with Crippen LogP contribution in [-0.4, -0.2) is 62.7 Å². The quantitative estimate of drug-likeness (QED) is 0.569. The highest BCUT2D eigenvalue weighted by Crippen LogP contribution is 2.70. The number of allylic oxidation sites excluding steroid dienone is 4. The molecule has 1 aromatic carbocycles. The van der Waals surface area contributed by atoms with Gasteiger partial charge in [-0.25, -0.2) is 4.98 Å². The van der Waals surface area contributed by atoms with Crippen LogP contribution in [-0.2, 0) is 19.1 Å². The van der Waals surface area contributed by atoms with Crippen molar-refractivity contribution in [3.8, 4) is 0 Å². The Labute approximate surface area is 244 Å². The summed E-state index contributed by atoms with van der Waals surface area (Å²) in [4.78, 5) is 48.4. The third-order valence-electron chi connectivity index (χ3n) is 11.0. The van der Waals surface area contributed by atoms with E-state index in [1.165, 1.54) is 6.20 Å². The maximum absolute atomic E-state index is 14.3. The average molecular weight is 572 g/mol. The average Bonchev–Trinajstić information content (AvgIpc) is 3.36. The van der Waals surface area contributed by atoms with Crippen LogP contribution in [0.3, 0.4) is 0 Å². The molecule has 2 heterocycles. The number of nitrogens with zero attached hydrogens (tertiary/aromatic N) is 2. The maximum Gasteiger partial charge on any atom is 0.271 e. The molecule has 9 nitrogen and oxygen atoms in total. The number of nitrogens with one attached hydrogen (secondary N) is 1. The third-order valence-corrected chi connectivity index (χ3v) is 11.0. The molecule has 1 aromatic heterocycles. The Morgan fingerprint density at radius 2 is 1.90 bits per heavy atom. The first-order valence-corrected chi connectivity index (χ1v) is 14.9. The van der Waals surface area contributed by atoms with Crippen molar-refractivity contribution in [2.45, 2.75) is 77.0 Å². The number of aromatic nitrogens is 2. The molecule has 1 saturated heterocycles. The van der Waals surface area contributed by atoms with Crippen molar-refractivity contribution in [1.29, 1.82) is 0 Å². The van der Waals surface area contributed by atoms with Gasteiger partial charge < -0.3 is 19.9 Å². The molecule has 4 fully saturated rings. The van der Waals surface area contributed by atoms with E-state index in [2.05, 4.69) is 29.1 Å². The van der Waals surface area contributed by atoms with Gasteiger partial charge in [0.05, 0.1) is 36.0 Å². The Kier molecular flexibility index (Phi) is 5.98. The van der Waals surface area contributed by atoms with Crippen molar-refractivity contribution in [2.24, 2.45) is 28.6 Å². The molecule has 5 unspecified atom stereocenters. The number of aliphatic hydroxyl groups is 1. The Hall–Kier alpha value is -3.27. The summed E-state index contributed by atoms with van der Waals surface area (Å²) in [5.41, 5.74) is 0.0206. The van der Waals surface area contributed by atoms with E-state index in [1.807, 2.05) is 38.1 Å². The van der Waals surface area contributed by atoms with Crippen LogP contribution in [0.15, 0.2) is 54.3 Å². The van der Waals surface area contributed by atoms with Gasteiger partial charge in [-0.05, 0) is 75.7 Å². The largest absolute Gasteiger partial charge is 0.393 e. The third kappa shape index (κ3) is 3.76. The van der Waals surface area contributed by atoms with Crippen LogP contribution in [0.1, 0.15) is 63.9 Å². The molecule has 1 amide bonds. The molecule has 220 valence electrons. The zero-order valence-electron chi connectivity index (χ0n) is 24.4. The van der Waals surface area contributed by atoms with Crippen molar-refractivity contribution in [3.63, 3.8) is 0 Å². The summed E-state index contributed by atoms with van der Waals surface area (Å²) in [5, 5.41) is 14.6. The zero-order chi connectivity index (χ0) is 29.7. The number of benzene rings is 1. The van der Waals surface area contributed by atoms with E-state index in [-0.39, 0.29) is 41.6 Å². The second-order valence-electron chi connectivity index (χ2n) is 13.6. The number of hydrogen-bond acceptors (Lipinski definition) is 8. The smallest absolute Gasteiger partial charge is 0.271 e. The normalized spacial score (nSPS) is 39.6. The molecule has 9 heteroatoms. The number of aliphatic hydroxyl groups excluding tert-OH is 1. The van der Waals surface area contributed by atoms with Gasteiger partial charge in [0, 0.05) is 16.7 Å². The first-order valence-electron chi connectivity index (χ1n) is 14.9. The number of fused-ring (bicyclic) bond motifs is 8. The Bertz CT molecular complexity index is 1580. The SMILES string of the molecule is CC1(C)O[C@@H]2CC3C4CCC5=CC(=O)C=CC5(C)C4[C@@H](O)CC3(C)[C@@]2(C(=O)CNC(=O)c2cnc3ccccc3n2)O1. The van der Waals surface area contributed by atoms with Gasteiger partial charge in [-0.15, -0.1) is 0 Å². The molecular formula is C33H37N3O6. The van der Waals surface area contributed by atoms with Crippen LogP contribution in [0, 0.1) is 28.6 Å². The highest BCUT2D eigenvalue weighted by Gasteiger charge is 2.76. The van der Waals surface area contributed by atoms with Gasteiger partial charge in [-0.3, -0.25) is 19.4 Å². The fraction of sp³-hybridized carbons (Fsp3) is 0.545. The molecule has 0 bridgehead atoms. The lowest BCUT2D eigenvalue weighted by Gasteiger charge is -2.60. The van der Waals surface area contributed by atoms with Gasteiger partial charge in [0.1, 0.15) is 5.69 Å². The topological polar surface area (TPSA) is 128 Å². The lowest BCUT2D eigenvalue weighted by atomic mass is 9.46. The number of amides is 1. The number of para-hydroxylation sites is 2. The van der Waals surface area contributed by atoms with E-state index in [1.54, 1.807) is 18.2 Å². The maximum atomic E-state index is 14.3. The second-order valence-corrected chi connectivity index (χ2v) is 13.6. The minimum absolute atomic E-state index is 0.00300. The number of hydrogen-bond donors (Lipinski definition) is 2. The number of rotatable bonds is 4. The van der Waals surface area contributed by atoms with E-state index in [0.29, 0.717) is 23.9 Å². The Morgan fingerprint density at radius 3 is 2.69 bits per heavy atom. The second kappa shape index (κ2) is 9.11. The van der Waals surface area contributed by atoms with Crippen molar-refractivity contribution in [3.05, 3.63) is 60.0 Å². The fourth-order valence-corrected chi connectivity index (χ4v) is 9.37. The lowest BCUT2D eigenvalue weighted by Crippen LogP contribution is -2.64. The van der Waals surface area contributed by atoms with Crippen LogP contribution < -0.4 is 5.32 Å². The van der Waals surface area contributed by atoms with Gasteiger partial charge in [0.15, 0.2) is 23.0 Å². The van der Waals surface area contributed by atoms with Crippen LogP contribution >= 0.6 is 0 Å². The summed E-state index contributed by atoms with van der Waals surface area (Å²) in [7, 11) is 0. The standard InChI is InChI=1S/C33H37N3O6/c1-30(2)41-27-14-21-20-10-9-18-13-19(37)11-12-31(18,3)28(20)25(38)15-32(21,4)33(27,42-30)26(39)17-35-29(40)24-16-34-22-7-5-6-8-23(22)36-24/h5-8,11-13,16,20-21,25,27-28,38H,9-10,14-15,17H2,1-4H3,(H,35,40)/t20?,21?,25-,27+,28?,31?,32?,33-/m0/s1. The van der Waals surface area contributed by atoms with Crippen LogP contribution in [0.25, 0.3) is 11.0 Å². The summed E-state index contributed by atoms with van der Waals surface area (Å²) in [6.07, 6.45) is 8.11. The van der Waals surface area contributed by atoms with Crippen molar-refractivity contribution < 1.29 is 29.0 Å². The minimum atomic E-state index is -1.33. The molecule has 4 aliphatic carbocycles. The fourth-order valence-electron chi connectivity index (χ4n) is 9.37. The van der Waals surface area contributed by atoms with Gasteiger partial charge in [-0.2, -0.15) is 0 Å². The summed E-state index contributed by atoms with van der Waals surface area (Å²) < 4.78 is 13.1. The molecule has 42 heavy (non-hydrogen) atoms. The monoisotopic (exact) mass is 571 g/mol. The van der Waals surface area contributed by atoms with Gasteiger partial charge in [0.2, 0.25) is 0 Å². The molecule has 2 aromatic rings. The van der Waals surface area contributed by atoms with Crippen LogP contribution in [0.4, 0.5) is 0 Å². The zero-order valence-corrected chi connectivity index (χ0v) is 24.4. The molecule has 8 atom stereocenters. The van der Waals surface area contributed by atoms with E-state index < -0.39 is 40.3 Å². The van der Waals surface area contributed by atoms with Gasteiger partial charge in [0.25, 0.3) is 5.91 Å². The number of ketones is 2. The number of carbonyl (C=O) groups excluding carboxylic acids is 3. The Morgan fingerprint density at radius 1 is 1.14 bits per heavy atom. The molecule has 1 aliphatic heterocycles. The summed E-state index contributed by atoms with van der Waals surface area (Å²) in [6, 6.07) is 7.29. The highest BCUT2D eigenvalue weighted by molar-refractivity contribution is 6.01. The predicted molar refractivity (Wildman–Crippen MR) is 153 cm³/mol. The summed E-state index contributed by atoms with van der Waals surface area (Å²) in [6.45, 7) is 7.55. The highest BCUT2D eigenvalue weighted by atomic mass is 16.8. The van der Waals surface area contributed by atoms with Crippen LogP contribution in [0.2, 0.25) is 0 Å². The molecule has 5 aliphatic rings. The van der Waals surface area contributed by atoms with Crippen molar-refractivity contribution >= 4 is 28.5 Å². The van der Waals surface area contributed by atoms with E-state index in [9.17, 15) is 19.5 Å². The molecule has 2 N–H and O–H groups in total. The molecule has 3 saturated carbocycles. The molecule has 0 radical (unpaired) electrons. The number of Topliss-reactive ketones (excluding diaryl/α,β-unsaturated/α-hetero) is 1. The van der Waals surface area contributed by atoms with Crippen LogP contribution in [0.5, 0.6) is 0 Å². The predicted octanol–water partition coefficient (Wildman–Crippen LogP) is 3.71.